The first-order chi connectivity index (χ1) is 51.0. The van der Waals surface area contributed by atoms with Gasteiger partial charge in [0.05, 0.1) is 44.1 Å². The molecule has 0 aromatic rings. The highest BCUT2D eigenvalue weighted by Crippen LogP contribution is 2.50. The lowest BCUT2D eigenvalue weighted by atomic mass is 9.58. The second-order valence-electron chi connectivity index (χ2n) is 32.7. The van der Waals surface area contributed by atoms with Crippen molar-refractivity contribution in [1.82, 2.24) is 60.0 Å². The summed E-state index contributed by atoms with van der Waals surface area (Å²) in [6, 6.07) is -11.3. The molecule has 4 aliphatic carbocycles. The summed E-state index contributed by atoms with van der Waals surface area (Å²) in [7, 11) is 10.8. The number of hydrogen-bond acceptors (Lipinski definition) is 14. The van der Waals surface area contributed by atoms with E-state index < -0.39 is 216 Å². The van der Waals surface area contributed by atoms with E-state index in [4.69, 9.17) is 21.1 Å². The molecule has 0 radical (unpaired) electrons. The fraction of sp³-hybridized carbons (Fsp3) is 0.816. The van der Waals surface area contributed by atoms with Crippen LogP contribution in [0.15, 0.2) is 12.2 Å². The molecule has 0 aromatic heterocycles. The Morgan fingerprint density at radius 1 is 0.679 bits per heavy atom. The fourth-order valence-corrected chi connectivity index (χ4v) is 18.2. The SMILES string of the molecule is CCO[C@@H]1C[C@H]2C(=O)NC3(CC(C)(C)C3)C(=O)N(C)[C@@H](C3CCCC3)C(=O)N(C)[C@H](C(=O)N(C)CC)CC(=O)N(C)[C@@H](COC)C(=O)N[C@@H]([C@@H](C)CC)C(=O)N(C)CC(=O)N(C)[C@H]3C/C=C\CCN(C3=O)[C@@H](CC3CCC(C(F)(F)F)CC3)C(=O)N(C)CC(=O)N[C@@H](CCC3CCC(C(F)(F)F)C(Cl)C3)C(=O)N2C1. The average Bonchev–Trinajstić information content (AvgIpc) is 1.31. The molecule has 13 atom stereocenters. The number of amides is 12. The van der Waals surface area contributed by atoms with E-state index >= 15 is 28.8 Å². The van der Waals surface area contributed by atoms with Gasteiger partial charge in [-0.05, 0) is 146 Å². The first-order valence-corrected chi connectivity index (χ1v) is 39.3. The third-order valence-corrected chi connectivity index (χ3v) is 24.8. The molecular formula is C76H119ClF6N12O14. The van der Waals surface area contributed by atoms with E-state index in [1.54, 1.807) is 39.8 Å². The van der Waals surface area contributed by atoms with Gasteiger partial charge >= 0.3 is 12.4 Å². The zero-order valence-electron chi connectivity index (χ0n) is 66.1. The minimum Gasteiger partial charge on any atom is -0.382 e. The number of nitrogens with zero attached hydrogens (tertiary/aromatic N) is 9. The number of alkyl halides is 7. The normalized spacial score (nSPS) is 31.6. The van der Waals surface area contributed by atoms with Gasteiger partial charge < -0.3 is 69.5 Å². The van der Waals surface area contributed by atoms with Crippen LogP contribution in [0.2, 0.25) is 0 Å². The first kappa shape index (κ1) is 89.4. The quantitative estimate of drug-likeness (QED) is 0.0978. The second kappa shape index (κ2) is 38.1. The molecule has 3 aliphatic heterocycles. The van der Waals surface area contributed by atoms with Gasteiger partial charge in [-0.3, -0.25) is 57.5 Å². The van der Waals surface area contributed by atoms with Crippen LogP contribution in [0.25, 0.3) is 0 Å². The van der Waals surface area contributed by atoms with E-state index in [1.807, 2.05) is 13.8 Å². The van der Waals surface area contributed by atoms with Crippen LogP contribution in [0.1, 0.15) is 176 Å². The molecule has 7 aliphatic rings. The van der Waals surface area contributed by atoms with Gasteiger partial charge in [0.2, 0.25) is 70.9 Å². The van der Waals surface area contributed by atoms with Crippen LogP contribution >= 0.6 is 11.6 Å². The fourth-order valence-electron chi connectivity index (χ4n) is 17.6. The van der Waals surface area contributed by atoms with Gasteiger partial charge in [0.25, 0.3) is 0 Å². The maximum absolute atomic E-state index is 15.8. The number of nitrogens with one attached hydrogen (secondary N) is 3. The third kappa shape index (κ3) is 21.9. The summed E-state index contributed by atoms with van der Waals surface area (Å²) in [6.45, 7) is 8.74. The number of fused-ring (bicyclic) bond motifs is 3. The van der Waals surface area contributed by atoms with E-state index in [0.717, 1.165) is 24.5 Å². The van der Waals surface area contributed by atoms with Crippen LogP contribution in [0.4, 0.5) is 26.3 Å². The summed E-state index contributed by atoms with van der Waals surface area (Å²) in [6.07, 6.45) is -5.41. The van der Waals surface area contributed by atoms with Crippen LogP contribution in [0.5, 0.6) is 0 Å². The van der Waals surface area contributed by atoms with Crippen LogP contribution in [0.3, 0.4) is 0 Å². The molecule has 33 heteroatoms. The van der Waals surface area contributed by atoms with Crippen molar-refractivity contribution in [2.24, 2.45) is 40.9 Å². The molecule has 1 spiro atoms. The minimum absolute atomic E-state index is 0.0275. The standard InChI is InChI=1S/C76H119ClF6N12O14/c1-15-45(4)62-70(105)89(9)41-61(98)90(10)54-25-19-18-22-34-94(69(54)104)57(36-47-26-30-49(31-27-47)75(78,79)80)68(103)88(8)40-59(96)84-53(33-29-46-28-32-51(52(77)35-46)76(81,82)83)66(101)95-39-50(109-17-3)37-55(95)65(100)86-74(43-73(5,6)44-74)72(107)93(13)63(48-23-20-21-24-48)71(106)92(12)56(67(102)87(7)16-2)38-60(97)91(11)58(42-108-14)64(99)85-62/h18-19,45-58,62-63H,15-17,20-44H2,1-14H3,(H,84,96)(H,85,99)(H,86,100)/b19-18-/t45-,46?,47?,49?,50+,51?,52?,53-,54-,55-,56-,57-,58-,62-,63-/m0/s1. The number of methoxy groups -OCH3 is 1. The van der Waals surface area contributed by atoms with Gasteiger partial charge in [0.15, 0.2) is 0 Å². The summed E-state index contributed by atoms with van der Waals surface area (Å²) >= 11 is 6.44. The van der Waals surface area contributed by atoms with Crippen molar-refractivity contribution in [3.63, 3.8) is 0 Å². The monoisotopic (exact) mass is 1570 g/mol. The number of carbonyl (C=O) groups excluding carboxylic acids is 12. The molecule has 3 heterocycles. The van der Waals surface area contributed by atoms with E-state index in [9.17, 15) is 55.1 Å². The molecule has 2 bridgehead atoms. The number of likely N-dealkylation sites (N-methyl/N-ethyl adjacent to an activating group) is 7. The summed E-state index contributed by atoms with van der Waals surface area (Å²) in [4.78, 5) is 193. The predicted molar refractivity (Wildman–Crippen MR) is 392 cm³/mol. The number of hydrogen-bond donors (Lipinski definition) is 3. The smallest absolute Gasteiger partial charge is 0.382 e. The highest BCUT2D eigenvalue weighted by Gasteiger charge is 2.60. The average molecular weight is 1570 g/mol. The summed E-state index contributed by atoms with van der Waals surface area (Å²) in [5, 5.41) is 7.30. The highest BCUT2D eigenvalue weighted by atomic mass is 35.5. The molecule has 0 aromatic carbocycles. The summed E-state index contributed by atoms with van der Waals surface area (Å²) in [5.74, 6) is -14.7. The van der Waals surface area contributed by atoms with E-state index in [1.165, 1.54) is 76.0 Å². The maximum atomic E-state index is 15.8. The van der Waals surface area contributed by atoms with Crippen molar-refractivity contribution < 1.29 is 93.4 Å². The zero-order valence-corrected chi connectivity index (χ0v) is 66.8. The minimum atomic E-state index is -4.58. The first-order valence-electron chi connectivity index (χ1n) is 38.9. The Hall–Kier alpha value is -6.83. The number of ether oxygens (including phenoxy) is 2. The lowest BCUT2D eigenvalue weighted by Gasteiger charge is -2.54. The van der Waals surface area contributed by atoms with Crippen LogP contribution in [-0.2, 0) is 67.0 Å². The molecule has 26 nitrogen and oxygen atoms in total. The van der Waals surface area contributed by atoms with Gasteiger partial charge in [-0.1, -0.05) is 59.1 Å². The summed E-state index contributed by atoms with van der Waals surface area (Å²) < 4.78 is 96.5. The van der Waals surface area contributed by atoms with Gasteiger partial charge in [-0.15, -0.1) is 11.6 Å². The number of rotatable bonds is 14. The van der Waals surface area contributed by atoms with Crippen molar-refractivity contribution in [2.45, 2.75) is 254 Å². The molecule has 12 amide bonds. The molecule has 109 heavy (non-hydrogen) atoms. The lowest BCUT2D eigenvalue weighted by Crippen LogP contribution is -2.71. The van der Waals surface area contributed by atoms with Crippen LogP contribution < -0.4 is 16.0 Å². The van der Waals surface area contributed by atoms with Gasteiger partial charge in [-0.2, -0.15) is 26.3 Å². The topological polar surface area (TPSA) is 289 Å². The van der Waals surface area contributed by atoms with Crippen molar-refractivity contribution in [2.75, 3.05) is 102 Å². The zero-order chi connectivity index (χ0) is 81.1. The van der Waals surface area contributed by atoms with Gasteiger partial charge in [0.1, 0.15) is 53.9 Å². The van der Waals surface area contributed by atoms with Crippen molar-refractivity contribution in [3.8, 4) is 0 Å². The van der Waals surface area contributed by atoms with E-state index in [-0.39, 0.29) is 123 Å². The Labute approximate surface area is 642 Å². The van der Waals surface area contributed by atoms with Crippen molar-refractivity contribution >= 4 is 82.5 Å². The van der Waals surface area contributed by atoms with Gasteiger partial charge in [0, 0.05) is 94.5 Å². The molecule has 2 saturated heterocycles. The maximum Gasteiger partial charge on any atom is 0.393 e. The Bertz CT molecular complexity index is 3270. The third-order valence-electron chi connectivity index (χ3n) is 24.3. The second-order valence-corrected chi connectivity index (χ2v) is 33.2. The Morgan fingerprint density at radius 2 is 1.31 bits per heavy atom. The molecular weight excluding hydrogens is 1450 g/mol. The predicted octanol–water partition coefficient (Wildman–Crippen LogP) is 6.30. The van der Waals surface area contributed by atoms with E-state index in [2.05, 4.69) is 16.0 Å². The van der Waals surface area contributed by atoms with Crippen LogP contribution in [0, 0.1) is 40.9 Å². The Balaban J connectivity index is 1.34. The van der Waals surface area contributed by atoms with Crippen molar-refractivity contribution in [3.05, 3.63) is 12.2 Å². The molecule has 616 valence electrons. The highest BCUT2D eigenvalue weighted by molar-refractivity contribution is 6.21. The molecule has 6 fully saturated rings. The molecule has 7 rings (SSSR count). The van der Waals surface area contributed by atoms with Gasteiger partial charge in [-0.25, -0.2) is 0 Å². The molecule has 3 unspecified atom stereocenters. The number of carbonyl (C=O) groups is 12. The molecule has 3 N–H and O–H groups in total. The van der Waals surface area contributed by atoms with E-state index in [0.29, 0.717) is 32.1 Å². The van der Waals surface area contributed by atoms with Crippen LogP contribution in [-0.4, -0.2) is 295 Å². The molecule has 4 saturated carbocycles. The number of halogens is 7. The largest absolute Gasteiger partial charge is 0.393 e. The summed E-state index contributed by atoms with van der Waals surface area (Å²) in [5.41, 5.74) is -2.28. The Kier molecular flexibility index (Phi) is 31.3. The Morgan fingerprint density at radius 3 is 1.89 bits per heavy atom. The van der Waals surface area contributed by atoms with Crippen molar-refractivity contribution in [1.29, 1.82) is 0 Å². The lowest BCUT2D eigenvalue weighted by molar-refractivity contribution is -0.184.